The number of hydrogen-bond donors (Lipinski definition) is 1. The molecule has 3 aromatic rings. The van der Waals surface area contributed by atoms with Crippen LogP contribution < -0.4 is 0 Å². The Morgan fingerprint density at radius 3 is 2.77 bits per heavy atom. The van der Waals surface area contributed by atoms with Crippen LogP contribution in [0.1, 0.15) is 28.6 Å². The van der Waals surface area contributed by atoms with E-state index in [0.717, 1.165) is 0 Å². The van der Waals surface area contributed by atoms with Gasteiger partial charge >= 0.3 is 0 Å². The molecule has 0 radical (unpaired) electrons. The number of Topliss-reactive ketones (excluding diaryl/α,β-unsaturated/α-hetero) is 1. The predicted molar refractivity (Wildman–Crippen MR) is 113 cm³/mol. The molecule has 8 heteroatoms. The number of furan rings is 1. The summed E-state index contributed by atoms with van der Waals surface area (Å²) in [6.07, 6.45) is 0.449. The number of nitrogens with zero attached hydrogens (tertiary/aromatic N) is 1. The number of ketones is 1. The number of rotatable bonds is 7. The van der Waals surface area contributed by atoms with Crippen molar-refractivity contribution in [1.29, 1.82) is 0 Å². The number of carbonyl (C=O) groups excluding carboxylic acids is 2. The van der Waals surface area contributed by atoms with E-state index in [1.807, 2.05) is 0 Å². The molecule has 1 unspecified atom stereocenters. The Bertz CT molecular complexity index is 1200. The maximum absolute atomic E-state index is 14.7. The molecule has 2 aromatic carbocycles. The largest absolute Gasteiger partial charge is 0.503 e. The minimum atomic E-state index is -1.09. The molecule has 1 amide bonds. The van der Waals surface area contributed by atoms with Crippen molar-refractivity contribution in [2.75, 3.05) is 20.3 Å². The first-order valence-corrected chi connectivity index (χ1v) is 10.0. The molecule has 0 fully saturated rings. The minimum Gasteiger partial charge on any atom is -0.503 e. The van der Waals surface area contributed by atoms with Gasteiger partial charge in [-0.05, 0) is 36.8 Å². The summed E-state index contributed by atoms with van der Waals surface area (Å²) in [5.41, 5.74) is 0.314. The fourth-order valence-electron chi connectivity index (χ4n) is 3.77. The number of aliphatic hydroxyl groups is 1. The number of ether oxygens (including phenoxy) is 1. The smallest absolute Gasteiger partial charge is 0.290 e. The third-order valence-corrected chi connectivity index (χ3v) is 5.43. The molecule has 1 aliphatic heterocycles. The van der Waals surface area contributed by atoms with E-state index in [-0.39, 0.29) is 23.4 Å². The summed E-state index contributed by atoms with van der Waals surface area (Å²) in [4.78, 5) is 27.4. The van der Waals surface area contributed by atoms with Crippen molar-refractivity contribution >= 4 is 34.3 Å². The first kappa shape index (κ1) is 21.1. The second kappa shape index (κ2) is 8.53. The van der Waals surface area contributed by atoms with Gasteiger partial charge in [0.1, 0.15) is 11.4 Å². The molecule has 0 bridgehead atoms. The molecule has 2 heterocycles. The second-order valence-corrected chi connectivity index (χ2v) is 7.59. The highest BCUT2D eigenvalue weighted by Crippen LogP contribution is 2.40. The minimum absolute atomic E-state index is 0.0771. The lowest BCUT2D eigenvalue weighted by Crippen LogP contribution is -2.33. The van der Waals surface area contributed by atoms with Gasteiger partial charge in [0, 0.05) is 36.2 Å². The molecule has 0 aliphatic carbocycles. The van der Waals surface area contributed by atoms with Gasteiger partial charge in [0.2, 0.25) is 5.78 Å². The van der Waals surface area contributed by atoms with Crippen LogP contribution >= 0.6 is 11.6 Å². The first-order chi connectivity index (χ1) is 14.9. The van der Waals surface area contributed by atoms with Crippen molar-refractivity contribution in [3.63, 3.8) is 0 Å². The van der Waals surface area contributed by atoms with E-state index < -0.39 is 29.3 Å². The molecule has 1 atom stereocenters. The van der Waals surface area contributed by atoms with Gasteiger partial charge in [-0.1, -0.05) is 29.8 Å². The van der Waals surface area contributed by atoms with Crippen molar-refractivity contribution < 1.29 is 28.2 Å². The standard InChI is InChI=1S/C23H19ClFNO5/c1-30-10-4-9-26-20(15-5-2-3-6-16(15)25)19(22(28)23(26)29)21(27)18-12-13-11-14(24)7-8-17(13)31-18/h2-3,5-8,11-12,20,28H,4,9-10H2,1H3. The van der Waals surface area contributed by atoms with Gasteiger partial charge in [-0.3, -0.25) is 9.59 Å². The van der Waals surface area contributed by atoms with E-state index in [1.54, 1.807) is 24.3 Å². The average molecular weight is 444 g/mol. The van der Waals surface area contributed by atoms with Gasteiger partial charge in [0.15, 0.2) is 11.5 Å². The molecule has 160 valence electrons. The summed E-state index contributed by atoms with van der Waals surface area (Å²) in [6, 6.07) is 11.1. The van der Waals surface area contributed by atoms with Gasteiger partial charge in [-0.15, -0.1) is 0 Å². The van der Waals surface area contributed by atoms with E-state index in [1.165, 1.54) is 36.3 Å². The Morgan fingerprint density at radius 2 is 2.03 bits per heavy atom. The van der Waals surface area contributed by atoms with Crippen LogP contribution in [0.15, 0.2) is 64.3 Å². The van der Waals surface area contributed by atoms with E-state index >= 15 is 0 Å². The van der Waals surface area contributed by atoms with Crippen molar-refractivity contribution in [3.8, 4) is 0 Å². The summed E-state index contributed by atoms with van der Waals surface area (Å²) < 4.78 is 25.4. The Kier molecular flexibility index (Phi) is 5.80. The predicted octanol–water partition coefficient (Wildman–Crippen LogP) is 4.84. The van der Waals surface area contributed by atoms with Crippen LogP contribution in [0, 0.1) is 5.82 Å². The Balaban J connectivity index is 1.79. The first-order valence-electron chi connectivity index (χ1n) is 9.63. The zero-order valence-electron chi connectivity index (χ0n) is 16.6. The molecule has 1 aromatic heterocycles. The summed E-state index contributed by atoms with van der Waals surface area (Å²) in [7, 11) is 1.53. The third-order valence-electron chi connectivity index (χ3n) is 5.20. The molecule has 6 nitrogen and oxygen atoms in total. The molecule has 0 spiro atoms. The maximum Gasteiger partial charge on any atom is 0.290 e. The van der Waals surface area contributed by atoms with Gasteiger partial charge in [0.25, 0.3) is 5.91 Å². The molecule has 1 aliphatic rings. The summed E-state index contributed by atoms with van der Waals surface area (Å²) in [5, 5.41) is 11.7. The molecule has 0 saturated carbocycles. The Labute approximate surface area is 182 Å². The van der Waals surface area contributed by atoms with Crippen LogP contribution in [0.5, 0.6) is 0 Å². The fourth-order valence-corrected chi connectivity index (χ4v) is 3.96. The lowest BCUT2D eigenvalue weighted by atomic mass is 9.94. The number of methoxy groups -OCH3 is 1. The number of amides is 1. The van der Waals surface area contributed by atoms with Gasteiger partial charge in [-0.25, -0.2) is 4.39 Å². The monoisotopic (exact) mass is 443 g/mol. The van der Waals surface area contributed by atoms with Crippen LogP contribution in [-0.4, -0.2) is 42.0 Å². The SMILES string of the molecule is COCCCN1C(=O)C(O)=C(C(=O)c2cc3cc(Cl)ccc3o2)C1c1ccccc1F. The number of aliphatic hydroxyl groups excluding tert-OH is 1. The number of benzene rings is 2. The quantitative estimate of drug-likeness (QED) is 0.417. The maximum atomic E-state index is 14.7. The van der Waals surface area contributed by atoms with E-state index in [4.69, 9.17) is 20.8 Å². The van der Waals surface area contributed by atoms with Crippen LogP contribution in [0.4, 0.5) is 4.39 Å². The summed E-state index contributed by atoms with van der Waals surface area (Å²) in [6.45, 7) is 0.532. The van der Waals surface area contributed by atoms with E-state index in [9.17, 15) is 19.1 Å². The highest BCUT2D eigenvalue weighted by molar-refractivity contribution is 6.31. The highest BCUT2D eigenvalue weighted by Gasteiger charge is 2.45. The normalized spacial score (nSPS) is 16.5. The molecular formula is C23H19ClFNO5. The Hall–Kier alpha value is -3.16. The van der Waals surface area contributed by atoms with Crippen molar-refractivity contribution in [2.45, 2.75) is 12.5 Å². The zero-order chi connectivity index (χ0) is 22.1. The number of hydrogen-bond acceptors (Lipinski definition) is 5. The number of carbonyl (C=O) groups is 2. The van der Waals surface area contributed by atoms with Gasteiger partial charge in [0.05, 0.1) is 11.6 Å². The van der Waals surface area contributed by atoms with E-state index in [2.05, 4.69) is 0 Å². The van der Waals surface area contributed by atoms with Crippen LogP contribution in [0.2, 0.25) is 5.02 Å². The third kappa shape index (κ3) is 3.82. The van der Waals surface area contributed by atoms with Crippen molar-refractivity contribution in [1.82, 2.24) is 4.90 Å². The van der Waals surface area contributed by atoms with E-state index in [0.29, 0.717) is 29.0 Å². The summed E-state index contributed by atoms with van der Waals surface area (Å²) >= 11 is 6.00. The lowest BCUT2D eigenvalue weighted by molar-refractivity contribution is -0.129. The molecule has 0 saturated heterocycles. The van der Waals surface area contributed by atoms with Crippen molar-refractivity contribution in [3.05, 3.63) is 82.0 Å². The summed E-state index contributed by atoms with van der Waals surface area (Å²) in [5.74, 6) is -2.82. The van der Waals surface area contributed by atoms with Gasteiger partial charge < -0.3 is 19.2 Å². The van der Waals surface area contributed by atoms with Crippen LogP contribution in [0.3, 0.4) is 0 Å². The second-order valence-electron chi connectivity index (χ2n) is 7.15. The lowest BCUT2D eigenvalue weighted by Gasteiger charge is -2.26. The number of halogens is 2. The topological polar surface area (TPSA) is 80.0 Å². The van der Waals surface area contributed by atoms with Crippen LogP contribution in [0.25, 0.3) is 11.0 Å². The van der Waals surface area contributed by atoms with Gasteiger partial charge in [-0.2, -0.15) is 0 Å². The fraction of sp³-hybridized carbons (Fsp3) is 0.217. The molecule has 4 rings (SSSR count). The Morgan fingerprint density at radius 1 is 1.26 bits per heavy atom. The molecular weight excluding hydrogens is 425 g/mol. The van der Waals surface area contributed by atoms with Crippen LogP contribution in [-0.2, 0) is 9.53 Å². The van der Waals surface area contributed by atoms with Crippen molar-refractivity contribution in [2.24, 2.45) is 0 Å². The highest BCUT2D eigenvalue weighted by atomic mass is 35.5. The molecule has 31 heavy (non-hydrogen) atoms. The number of fused-ring (bicyclic) bond motifs is 1. The zero-order valence-corrected chi connectivity index (χ0v) is 17.4. The molecule has 1 N–H and O–H groups in total. The average Bonchev–Trinajstić information content (AvgIpc) is 3.28.